The zero-order valence-electron chi connectivity index (χ0n) is 9.63. The Bertz CT molecular complexity index is 437. The maximum atomic E-state index is 4.10. The fourth-order valence-corrected chi connectivity index (χ4v) is 2.69. The average molecular weight is 232 g/mol. The zero-order valence-corrected chi connectivity index (χ0v) is 10.4. The van der Waals surface area contributed by atoms with Crippen LogP contribution in [0.4, 0.5) is 0 Å². The Morgan fingerprint density at radius 3 is 2.88 bits per heavy atom. The number of para-hydroxylation sites is 1. The van der Waals surface area contributed by atoms with E-state index >= 15 is 0 Å². The molecule has 0 spiro atoms. The molecule has 2 rings (SSSR count). The van der Waals surface area contributed by atoms with Crippen molar-refractivity contribution in [1.82, 2.24) is 9.55 Å². The van der Waals surface area contributed by atoms with Gasteiger partial charge in [-0.3, -0.25) is 0 Å². The van der Waals surface area contributed by atoms with Gasteiger partial charge >= 0.3 is 0 Å². The van der Waals surface area contributed by atoms with Gasteiger partial charge in [-0.2, -0.15) is 11.8 Å². The van der Waals surface area contributed by atoms with Crippen LogP contribution in [0.25, 0.3) is 5.69 Å². The van der Waals surface area contributed by atoms with Crippen LogP contribution in [0.15, 0.2) is 43.0 Å². The van der Waals surface area contributed by atoms with Crippen molar-refractivity contribution in [2.75, 3.05) is 5.75 Å². The third kappa shape index (κ3) is 2.30. The Hall–Kier alpha value is -1.22. The summed E-state index contributed by atoms with van der Waals surface area (Å²) in [6, 6.07) is 8.51. The zero-order chi connectivity index (χ0) is 11.4. The van der Waals surface area contributed by atoms with Crippen LogP contribution >= 0.6 is 11.8 Å². The molecule has 1 aromatic heterocycles. The lowest BCUT2D eigenvalue weighted by molar-refractivity contribution is 0.991. The van der Waals surface area contributed by atoms with Gasteiger partial charge in [-0.25, -0.2) is 4.98 Å². The van der Waals surface area contributed by atoms with E-state index in [1.807, 2.05) is 30.5 Å². The lowest BCUT2D eigenvalue weighted by Gasteiger charge is -2.15. The molecular weight excluding hydrogens is 216 g/mol. The molecule has 0 saturated carbocycles. The highest BCUT2D eigenvalue weighted by Crippen LogP contribution is 2.31. The van der Waals surface area contributed by atoms with Crippen LogP contribution in [-0.2, 0) is 0 Å². The van der Waals surface area contributed by atoms with E-state index in [9.17, 15) is 0 Å². The largest absolute Gasteiger partial charge is 0.306 e. The highest BCUT2D eigenvalue weighted by molar-refractivity contribution is 7.99. The molecule has 3 heteroatoms. The van der Waals surface area contributed by atoms with E-state index in [-0.39, 0.29) is 0 Å². The first kappa shape index (κ1) is 11.3. The standard InChI is InChI=1S/C13H16N2S/c1-3-16-11(2)12-6-4-5-7-13(12)15-9-8-14-10-15/h4-11H,3H2,1-2H3. The van der Waals surface area contributed by atoms with Gasteiger partial charge in [-0.15, -0.1) is 0 Å². The molecule has 0 aliphatic rings. The fraction of sp³-hybridized carbons (Fsp3) is 0.308. The van der Waals surface area contributed by atoms with Crippen molar-refractivity contribution >= 4 is 11.8 Å². The van der Waals surface area contributed by atoms with E-state index in [4.69, 9.17) is 0 Å². The molecule has 1 unspecified atom stereocenters. The SMILES string of the molecule is CCSC(C)c1ccccc1-n1ccnc1. The summed E-state index contributed by atoms with van der Waals surface area (Å²) >= 11 is 1.96. The molecule has 84 valence electrons. The molecule has 0 aliphatic carbocycles. The third-order valence-electron chi connectivity index (χ3n) is 2.57. The summed E-state index contributed by atoms with van der Waals surface area (Å²) in [5, 5.41) is 0.517. The number of aromatic nitrogens is 2. The van der Waals surface area contributed by atoms with Crippen molar-refractivity contribution in [3.05, 3.63) is 48.5 Å². The summed E-state index contributed by atoms with van der Waals surface area (Å²) in [5.74, 6) is 1.14. The smallest absolute Gasteiger partial charge is 0.0991 e. The monoisotopic (exact) mass is 232 g/mol. The molecule has 1 atom stereocenters. The van der Waals surface area contributed by atoms with Crippen LogP contribution in [0.3, 0.4) is 0 Å². The Kier molecular flexibility index (Phi) is 3.67. The molecule has 0 radical (unpaired) electrons. The summed E-state index contributed by atoms with van der Waals surface area (Å²) in [6.45, 7) is 4.45. The van der Waals surface area contributed by atoms with Gasteiger partial charge in [0.15, 0.2) is 0 Å². The Labute approximate surface area is 101 Å². The van der Waals surface area contributed by atoms with Crippen molar-refractivity contribution in [3.8, 4) is 5.69 Å². The summed E-state index contributed by atoms with van der Waals surface area (Å²) in [4.78, 5) is 4.10. The molecule has 16 heavy (non-hydrogen) atoms. The number of imidazole rings is 1. The van der Waals surface area contributed by atoms with E-state index < -0.39 is 0 Å². The minimum absolute atomic E-state index is 0.517. The summed E-state index contributed by atoms with van der Waals surface area (Å²) < 4.78 is 2.07. The van der Waals surface area contributed by atoms with Gasteiger partial charge in [0.05, 0.1) is 12.0 Å². The van der Waals surface area contributed by atoms with Crippen LogP contribution in [-0.4, -0.2) is 15.3 Å². The first-order valence-electron chi connectivity index (χ1n) is 5.51. The maximum Gasteiger partial charge on any atom is 0.0991 e. The van der Waals surface area contributed by atoms with Gasteiger partial charge in [-0.1, -0.05) is 25.1 Å². The van der Waals surface area contributed by atoms with Crippen LogP contribution in [0, 0.1) is 0 Å². The fourth-order valence-electron chi connectivity index (χ4n) is 1.81. The van der Waals surface area contributed by atoms with Gasteiger partial charge in [0.25, 0.3) is 0 Å². The normalized spacial score (nSPS) is 12.6. The van der Waals surface area contributed by atoms with Gasteiger partial charge in [0.1, 0.15) is 0 Å². The topological polar surface area (TPSA) is 17.8 Å². The van der Waals surface area contributed by atoms with Crippen molar-refractivity contribution in [2.45, 2.75) is 19.1 Å². The van der Waals surface area contributed by atoms with Gasteiger partial charge in [-0.05, 0) is 24.3 Å². The second-order valence-corrected chi connectivity index (χ2v) is 5.24. The number of hydrogen-bond acceptors (Lipinski definition) is 2. The minimum atomic E-state index is 0.517. The molecule has 0 N–H and O–H groups in total. The Morgan fingerprint density at radius 1 is 1.38 bits per heavy atom. The maximum absolute atomic E-state index is 4.10. The van der Waals surface area contributed by atoms with Crippen molar-refractivity contribution in [1.29, 1.82) is 0 Å². The average Bonchev–Trinajstić information content (AvgIpc) is 2.83. The summed E-state index contributed by atoms with van der Waals surface area (Å²) in [5.41, 5.74) is 2.60. The van der Waals surface area contributed by atoms with Crippen molar-refractivity contribution in [3.63, 3.8) is 0 Å². The first-order valence-corrected chi connectivity index (χ1v) is 6.56. The van der Waals surface area contributed by atoms with Gasteiger partial charge < -0.3 is 4.57 Å². The van der Waals surface area contributed by atoms with Gasteiger partial charge in [0.2, 0.25) is 0 Å². The molecule has 0 bridgehead atoms. The molecule has 0 amide bonds. The predicted octanol–water partition coefficient (Wildman–Crippen LogP) is 3.69. The molecule has 1 aromatic carbocycles. The molecule has 0 fully saturated rings. The van der Waals surface area contributed by atoms with Crippen molar-refractivity contribution < 1.29 is 0 Å². The highest BCUT2D eigenvalue weighted by Gasteiger charge is 2.10. The lowest BCUT2D eigenvalue weighted by atomic mass is 10.1. The van der Waals surface area contributed by atoms with E-state index in [1.54, 1.807) is 0 Å². The van der Waals surface area contributed by atoms with Crippen LogP contribution < -0.4 is 0 Å². The van der Waals surface area contributed by atoms with Crippen LogP contribution in [0.1, 0.15) is 24.7 Å². The molecular formula is C13H16N2S. The molecule has 1 heterocycles. The van der Waals surface area contributed by atoms with Crippen molar-refractivity contribution in [2.24, 2.45) is 0 Å². The van der Waals surface area contributed by atoms with E-state index in [0.29, 0.717) is 5.25 Å². The van der Waals surface area contributed by atoms with E-state index in [1.165, 1.54) is 11.3 Å². The van der Waals surface area contributed by atoms with Gasteiger partial charge in [0, 0.05) is 17.6 Å². The lowest BCUT2D eigenvalue weighted by Crippen LogP contribution is -1.99. The second kappa shape index (κ2) is 5.21. The minimum Gasteiger partial charge on any atom is -0.306 e. The molecule has 2 nitrogen and oxygen atoms in total. The van der Waals surface area contributed by atoms with E-state index in [0.717, 1.165) is 5.75 Å². The van der Waals surface area contributed by atoms with Crippen LogP contribution in [0.5, 0.6) is 0 Å². The van der Waals surface area contributed by atoms with E-state index in [2.05, 4.69) is 47.7 Å². The van der Waals surface area contributed by atoms with Crippen LogP contribution in [0.2, 0.25) is 0 Å². The third-order valence-corrected chi connectivity index (χ3v) is 3.66. The number of rotatable bonds is 4. The molecule has 0 aliphatic heterocycles. The Balaban J connectivity index is 2.38. The number of benzene rings is 1. The molecule has 2 aromatic rings. The number of thioether (sulfide) groups is 1. The predicted molar refractivity (Wildman–Crippen MR) is 70.1 cm³/mol. The quantitative estimate of drug-likeness (QED) is 0.800. The Morgan fingerprint density at radius 2 is 2.19 bits per heavy atom. The highest BCUT2D eigenvalue weighted by atomic mass is 32.2. The summed E-state index contributed by atoms with van der Waals surface area (Å²) in [6.07, 6.45) is 5.65. The second-order valence-electron chi connectivity index (χ2n) is 3.63. The molecule has 0 saturated heterocycles. The number of nitrogens with zero attached hydrogens (tertiary/aromatic N) is 2. The first-order chi connectivity index (χ1) is 7.83. The summed E-state index contributed by atoms with van der Waals surface area (Å²) in [7, 11) is 0. The number of hydrogen-bond donors (Lipinski definition) is 0.